The molecule has 0 aromatic heterocycles. The molecule has 0 radical (unpaired) electrons. The normalized spacial score (nSPS) is 14.8. The number of piperidine rings is 1. The smallest absolute Gasteiger partial charge is 0.323 e. The zero-order valence-corrected chi connectivity index (χ0v) is 15.8. The highest BCUT2D eigenvalue weighted by Gasteiger charge is 2.15. The summed E-state index contributed by atoms with van der Waals surface area (Å²) in [5, 5.41) is 5.75. The predicted molar refractivity (Wildman–Crippen MR) is 110 cm³/mol. The molecular formula is C21H28N4O. The molecule has 2 amide bonds. The average Bonchev–Trinajstić information content (AvgIpc) is 2.63. The van der Waals surface area contributed by atoms with Crippen LogP contribution in [0.1, 0.15) is 19.8 Å². The SMILES string of the molecule is CC1CCN(c2ccc(NC(=O)Nc3ccc(N(C)C)cc3)cc2)CC1. The van der Waals surface area contributed by atoms with Crippen LogP contribution in [-0.2, 0) is 0 Å². The van der Waals surface area contributed by atoms with E-state index in [1.165, 1.54) is 18.5 Å². The molecule has 0 spiro atoms. The minimum absolute atomic E-state index is 0.234. The van der Waals surface area contributed by atoms with Crippen LogP contribution in [0.25, 0.3) is 0 Å². The summed E-state index contributed by atoms with van der Waals surface area (Å²) in [7, 11) is 3.98. The van der Waals surface area contributed by atoms with E-state index in [1.807, 2.05) is 55.4 Å². The Morgan fingerprint density at radius 2 is 1.42 bits per heavy atom. The number of benzene rings is 2. The molecule has 2 aromatic rings. The molecular weight excluding hydrogens is 324 g/mol. The summed E-state index contributed by atoms with van der Waals surface area (Å²) in [5.74, 6) is 0.822. The lowest BCUT2D eigenvalue weighted by molar-refractivity contribution is 0.262. The summed E-state index contributed by atoms with van der Waals surface area (Å²) in [6, 6.07) is 15.6. The van der Waals surface area contributed by atoms with Crippen molar-refractivity contribution in [2.45, 2.75) is 19.8 Å². The molecule has 3 rings (SSSR count). The largest absolute Gasteiger partial charge is 0.378 e. The van der Waals surface area contributed by atoms with Gasteiger partial charge in [-0.05, 0) is 67.3 Å². The Balaban J connectivity index is 1.54. The minimum atomic E-state index is -0.234. The molecule has 0 bridgehead atoms. The first-order valence-electron chi connectivity index (χ1n) is 9.21. The van der Waals surface area contributed by atoms with E-state index in [0.29, 0.717) is 0 Å². The first kappa shape index (κ1) is 18.1. The van der Waals surface area contributed by atoms with Crippen LogP contribution >= 0.6 is 0 Å². The Kier molecular flexibility index (Phi) is 5.66. The fourth-order valence-corrected chi connectivity index (χ4v) is 3.16. The lowest BCUT2D eigenvalue weighted by atomic mass is 9.99. The summed E-state index contributed by atoms with van der Waals surface area (Å²) < 4.78 is 0. The van der Waals surface area contributed by atoms with Crippen LogP contribution < -0.4 is 20.4 Å². The molecule has 1 saturated heterocycles. The van der Waals surface area contributed by atoms with Crippen LogP contribution in [0.15, 0.2) is 48.5 Å². The number of hydrogen-bond donors (Lipinski definition) is 2. The van der Waals surface area contributed by atoms with Crippen LogP contribution in [0.4, 0.5) is 27.5 Å². The number of anilines is 4. The van der Waals surface area contributed by atoms with Gasteiger partial charge < -0.3 is 20.4 Å². The van der Waals surface area contributed by atoms with Gasteiger partial charge in [-0.25, -0.2) is 4.79 Å². The van der Waals surface area contributed by atoms with Crippen molar-refractivity contribution in [1.29, 1.82) is 0 Å². The molecule has 1 aliphatic heterocycles. The van der Waals surface area contributed by atoms with Gasteiger partial charge in [-0.15, -0.1) is 0 Å². The van der Waals surface area contributed by atoms with E-state index >= 15 is 0 Å². The third-order valence-electron chi connectivity index (χ3n) is 4.92. The van der Waals surface area contributed by atoms with Crippen molar-refractivity contribution in [3.8, 4) is 0 Å². The van der Waals surface area contributed by atoms with Gasteiger partial charge in [-0.2, -0.15) is 0 Å². The highest BCUT2D eigenvalue weighted by atomic mass is 16.2. The quantitative estimate of drug-likeness (QED) is 0.843. The molecule has 1 heterocycles. The number of hydrogen-bond acceptors (Lipinski definition) is 3. The lowest BCUT2D eigenvalue weighted by Gasteiger charge is -2.32. The molecule has 5 heteroatoms. The van der Waals surface area contributed by atoms with Gasteiger partial charge >= 0.3 is 6.03 Å². The Labute approximate surface area is 156 Å². The van der Waals surface area contributed by atoms with Crippen LogP contribution in [0.2, 0.25) is 0 Å². The number of nitrogens with one attached hydrogen (secondary N) is 2. The Hall–Kier alpha value is -2.69. The summed E-state index contributed by atoms with van der Waals surface area (Å²) >= 11 is 0. The Bertz CT molecular complexity index is 717. The summed E-state index contributed by atoms with van der Waals surface area (Å²) in [6.45, 7) is 4.53. The topological polar surface area (TPSA) is 47.6 Å². The maximum absolute atomic E-state index is 12.2. The van der Waals surface area contributed by atoms with Crippen molar-refractivity contribution in [2.75, 3.05) is 47.6 Å². The molecule has 138 valence electrons. The first-order chi connectivity index (χ1) is 12.5. The van der Waals surface area contributed by atoms with Crippen LogP contribution in [0, 0.1) is 5.92 Å². The van der Waals surface area contributed by atoms with Gasteiger partial charge in [-0.1, -0.05) is 6.92 Å². The van der Waals surface area contributed by atoms with Crippen molar-refractivity contribution in [3.63, 3.8) is 0 Å². The van der Waals surface area contributed by atoms with Crippen molar-refractivity contribution >= 4 is 28.8 Å². The van der Waals surface area contributed by atoms with Gasteiger partial charge in [-0.3, -0.25) is 0 Å². The molecule has 0 unspecified atom stereocenters. The maximum atomic E-state index is 12.2. The Morgan fingerprint density at radius 3 is 1.92 bits per heavy atom. The highest BCUT2D eigenvalue weighted by molar-refractivity contribution is 5.99. The van der Waals surface area contributed by atoms with E-state index < -0.39 is 0 Å². The standard InChI is InChI=1S/C21H28N4O/c1-16-12-14-25(15-13-16)20-10-6-18(7-11-20)23-21(26)22-17-4-8-19(9-5-17)24(2)3/h4-11,16H,12-15H2,1-3H3,(H2,22,23,26). The number of nitrogens with zero attached hydrogens (tertiary/aromatic N) is 2. The van der Waals surface area contributed by atoms with E-state index in [0.717, 1.165) is 36.1 Å². The molecule has 26 heavy (non-hydrogen) atoms. The zero-order chi connectivity index (χ0) is 18.5. The average molecular weight is 352 g/mol. The molecule has 0 aliphatic carbocycles. The molecule has 2 aromatic carbocycles. The van der Waals surface area contributed by atoms with Crippen molar-refractivity contribution in [3.05, 3.63) is 48.5 Å². The third kappa shape index (κ3) is 4.69. The van der Waals surface area contributed by atoms with Crippen molar-refractivity contribution in [2.24, 2.45) is 5.92 Å². The molecule has 5 nitrogen and oxygen atoms in total. The van der Waals surface area contributed by atoms with Gasteiger partial charge in [0.25, 0.3) is 0 Å². The number of urea groups is 1. The highest BCUT2D eigenvalue weighted by Crippen LogP contribution is 2.24. The van der Waals surface area contributed by atoms with Gasteiger partial charge in [0, 0.05) is 49.9 Å². The molecule has 1 fully saturated rings. The van der Waals surface area contributed by atoms with Gasteiger partial charge in [0.05, 0.1) is 0 Å². The molecule has 2 N–H and O–H groups in total. The maximum Gasteiger partial charge on any atom is 0.323 e. The number of rotatable bonds is 4. The second kappa shape index (κ2) is 8.13. The number of carbonyl (C=O) groups excluding carboxylic acids is 1. The van der Waals surface area contributed by atoms with Gasteiger partial charge in [0.1, 0.15) is 0 Å². The van der Waals surface area contributed by atoms with Crippen LogP contribution in [-0.4, -0.2) is 33.2 Å². The van der Waals surface area contributed by atoms with E-state index in [2.05, 4.69) is 34.6 Å². The van der Waals surface area contributed by atoms with E-state index in [4.69, 9.17) is 0 Å². The summed E-state index contributed by atoms with van der Waals surface area (Å²) in [5.41, 5.74) is 3.88. The predicted octanol–water partition coefficient (Wildman–Crippen LogP) is 4.63. The zero-order valence-electron chi connectivity index (χ0n) is 15.8. The second-order valence-electron chi connectivity index (χ2n) is 7.24. The van der Waals surface area contributed by atoms with E-state index in [9.17, 15) is 4.79 Å². The molecule has 0 atom stereocenters. The third-order valence-corrected chi connectivity index (χ3v) is 4.92. The van der Waals surface area contributed by atoms with Crippen LogP contribution in [0.3, 0.4) is 0 Å². The second-order valence-corrected chi connectivity index (χ2v) is 7.24. The van der Waals surface area contributed by atoms with Gasteiger partial charge in [0.2, 0.25) is 0 Å². The summed E-state index contributed by atoms with van der Waals surface area (Å²) in [4.78, 5) is 16.6. The fourth-order valence-electron chi connectivity index (χ4n) is 3.16. The lowest BCUT2D eigenvalue weighted by Crippen LogP contribution is -2.32. The van der Waals surface area contributed by atoms with Crippen molar-refractivity contribution < 1.29 is 4.79 Å². The van der Waals surface area contributed by atoms with E-state index in [1.54, 1.807) is 0 Å². The van der Waals surface area contributed by atoms with Gasteiger partial charge in [0.15, 0.2) is 0 Å². The van der Waals surface area contributed by atoms with Crippen molar-refractivity contribution in [1.82, 2.24) is 0 Å². The number of amides is 2. The van der Waals surface area contributed by atoms with Crippen LogP contribution in [0.5, 0.6) is 0 Å². The first-order valence-corrected chi connectivity index (χ1v) is 9.21. The monoisotopic (exact) mass is 352 g/mol. The molecule has 0 saturated carbocycles. The summed E-state index contributed by atoms with van der Waals surface area (Å²) in [6.07, 6.45) is 2.49. The molecule has 1 aliphatic rings. The van der Waals surface area contributed by atoms with E-state index in [-0.39, 0.29) is 6.03 Å². The fraction of sp³-hybridized carbons (Fsp3) is 0.381. The number of carbonyl (C=O) groups is 1. The Morgan fingerprint density at radius 1 is 0.923 bits per heavy atom. The minimum Gasteiger partial charge on any atom is -0.378 e.